The third-order valence-electron chi connectivity index (χ3n) is 7.81. The molecule has 0 saturated carbocycles. The molecule has 1 atom stereocenters. The summed E-state index contributed by atoms with van der Waals surface area (Å²) in [6.45, 7) is 3.66. The number of amides is 4. The van der Waals surface area contributed by atoms with Gasteiger partial charge in [-0.3, -0.25) is 24.1 Å². The number of alkyl halides is 3. The van der Waals surface area contributed by atoms with Crippen molar-refractivity contribution in [1.29, 1.82) is 0 Å². The molecule has 1 saturated heterocycles. The van der Waals surface area contributed by atoms with Crippen LogP contribution >= 0.6 is 11.6 Å². The van der Waals surface area contributed by atoms with Gasteiger partial charge in [0.1, 0.15) is 18.0 Å². The average Bonchev–Trinajstić information content (AvgIpc) is 3.62. The summed E-state index contributed by atoms with van der Waals surface area (Å²) >= 11 is 6.13. The molecule has 1 aliphatic rings. The van der Waals surface area contributed by atoms with E-state index < -0.39 is 60.5 Å². The largest absolute Gasteiger partial charge is 0.456 e. The van der Waals surface area contributed by atoms with Gasteiger partial charge in [-0.15, -0.1) is 5.10 Å². The van der Waals surface area contributed by atoms with Gasteiger partial charge in [0.25, 0.3) is 0 Å². The Morgan fingerprint density at radius 2 is 1.63 bits per heavy atom. The molecule has 4 aromatic rings. The summed E-state index contributed by atoms with van der Waals surface area (Å²) in [5.41, 5.74) is 1.15. The van der Waals surface area contributed by atoms with Crippen LogP contribution in [0.4, 0.5) is 30.2 Å². The zero-order valence-electron chi connectivity index (χ0n) is 29.2. The van der Waals surface area contributed by atoms with Crippen molar-refractivity contribution in [3.8, 4) is 5.69 Å². The first-order valence-electron chi connectivity index (χ1n) is 16.4. The summed E-state index contributed by atoms with van der Waals surface area (Å²) in [6, 6.07) is 15.3. The zero-order chi connectivity index (χ0) is 39.2. The fourth-order valence-electron chi connectivity index (χ4n) is 5.38. The summed E-state index contributed by atoms with van der Waals surface area (Å²) in [4.78, 5) is 67.6. The molecule has 0 unspecified atom stereocenters. The van der Waals surface area contributed by atoms with Crippen molar-refractivity contribution in [2.24, 2.45) is 0 Å². The molecule has 1 aliphatic heterocycles. The van der Waals surface area contributed by atoms with Gasteiger partial charge in [-0.05, 0) is 91.4 Å². The van der Waals surface area contributed by atoms with Gasteiger partial charge in [-0.25, -0.2) is 4.79 Å². The highest BCUT2D eigenvalue weighted by atomic mass is 35.5. The standard InChI is InChI=1S/C35H35ClF3N9O6/c1-34(2,3)54-33(53)22-6-9-24(10-7-22)41-30(50)27(43-32(52)31(51)42-26-17-23(36)8-13-28(26)48-20-40-44-45-48)16-21-4-11-25(12-5-21)47-15-14-46(18-29(47)49)19-35(37,38)39/h4-13,17,20,27H,14-16,18-19H2,1-3H3,(H,41,50)(H,42,51)(H,43,52)/t27-/m0/s1. The van der Waals surface area contributed by atoms with Gasteiger partial charge in [0.2, 0.25) is 11.8 Å². The first-order valence-corrected chi connectivity index (χ1v) is 16.8. The lowest BCUT2D eigenvalue weighted by atomic mass is 10.0. The molecule has 4 amide bonds. The molecule has 15 nitrogen and oxygen atoms in total. The van der Waals surface area contributed by atoms with Crippen LogP contribution in [0.15, 0.2) is 73.1 Å². The van der Waals surface area contributed by atoms with E-state index in [1.54, 1.807) is 45.0 Å². The van der Waals surface area contributed by atoms with Crippen molar-refractivity contribution in [3.63, 3.8) is 0 Å². The predicted octanol–water partition coefficient (Wildman–Crippen LogP) is 3.79. The van der Waals surface area contributed by atoms with Crippen molar-refractivity contribution in [3.05, 3.63) is 89.2 Å². The molecule has 5 rings (SSSR count). The highest BCUT2D eigenvalue weighted by Gasteiger charge is 2.35. The van der Waals surface area contributed by atoms with Crippen molar-refractivity contribution >= 4 is 58.3 Å². The fourth-order valence-corrected chi connectivity index (χ4v) is 5.55. The van der Waals surface area contributed by atoms with Crippen LogP contribution in [0, 0.1) is 0 Å². The van der Waals surface area contributed by atoms with Gasteiger partial charge in [-0.2, -0.15) is 17.9 Å². The van der Waals surface area contributed by atoms with Gasteiger partial charge in [0, 0.05) is 35.9 Å². The molecule has 1 fully saturated rings. The Hall–Kier alpha value is -5.88. The molecular weight excluding hydrogens is 735 g/mol. The van der Waals surface area contributed by atoms with E-state index in [4.69, 9.17) is 16.3 Å². The Balaban J connectivity index is 1.32. The highest BCUT2D eigenvalue weighted by Crippen LogP contribution is 2.25. The number of rotatable bonds is 10. The topological polar surface area (TPSA) is 181 Å². The van der Waals surface area contributed by atoms with Crippen molar-refractivity contribution < 1.29 is 41.9 Å². The fraction of sp³-hybridized carbons (Fsp3) is 0.314. The lowest BCUT2D eigenvalue weighted by molar-refractivity contribution is -0.150. The molecule has 284 valence electrons. The lowest BCUT2D eigenvalue weighted by Crippen LogP contribution is -2.52. The number of hydrogen-bond acceptors (Lipinski definition) is 10. The van der Waals surface area contributed by atoms with Crippen molar-refractivity contribution in [2.75, 3.05) is 41.7 Å². The van der Waals surface area contributed by atoms with E-state index in [1.807, 2.05) is 0 Å². The third kappa shape index (κ3) is 10.8. The summed E-state index contributed by atoms with van der Waals surface area (Å²) in [5, 5.41) is 18.8. The van der Waals surface area contributed by atoms with Crippen LogP contribution in [0.25, 0.3) is 5.69 Å². The quantitative estimate of drug-likeness (QED) is 0.159. The second-order valence-corrected chi connectivity index (χ2v) is 13.6. The number of hydrogen-bond donors (Lipinski definition) is 3. The Morgan fingerprint density at radius 1 is 0.926 bits per heavy atom. The Kier molecular flexibility index (Phi) is 12.0. The molecule has 3 aromatic carbocycles. The number of aromatic nitrogens is 4. The number of ether oxygens (including phenoxy) is 1. The molecule has 54 heavy (non-hydrogen) atoms. The summed E-state index contributed by atoms with van der Waals surface area (Å²) in [5.74, 6) is -4.08. The van der Waals surface area contributed by atoms with E-state index >= 15 is 0 Å². The highest BCUT2D eigenvalue weighted by molar-refractivity contribution is 6.40. The Morgan fingerprint density at radius 3 is 2.24 bits per heavy atom. The molecule has 1 aromatic heterocycles. The summed E-state index contributed by atoms with van der Waals surface area (Å²) < 4.78 is 45.1. The number of benzene rings is 3. The second-order valence-electron chi connectivity index (χ2n) is 13.2. The monoisotopic (exact) mass is 769 g/mol. The number of carbonyl (C=O) groups is 5. The molecule has 0 bridgehead atoms. The van der Waals surface area contributed by atoms with E-state index in [0.717, 1.165) is 4.90 Å². The van der Waals surface area contributed by atoms with E-state index in [2.05, 4.69) is 31.5 Å². The van der Waals surface area contributed by atoms with Crippen LogP contribution in [0.2, 0.25) is 5.02 Å². The van der Waals surface area contributed by atoms with Gasteiger partial charge >= 0.3 is 24.0 Å². The van der Waals surface area contributed by atoms with Crippen LogP contribution in [-0.4, -0.2) is 98.7 Å². The van der Waals surface area contributed by atoms with Crippen LogP contribution < -0.4 is 20.9 Å². The Labute approximate surface area is 311 Å². The van der Waals surface area contributed by atoms with E-state index in [0.29, 0.717) is 16.9 Å². The molecule has 3 N–H and O–H groups in total. The Bertz CT molecular complexity index is 2000. The minimum absolute atomic E-state index is 0.0223. The number of esters is 1. The van der Waals surface area contributed by atoms with E-state index in [9.17, 15) is 37.1 Å². The van der Waals surface area contributed by atoms with Crippen LogP contribution in [0.5, 0.6) is 0 Å². The molecule has 0 aliphatic carbocycles. The molecular formula is C35H35ClF3N9O6. The number of anilines is 3. The molecule has 2 heterocycles. The third-order valence-corrected chi connectivity index (χ3v) is 8.04. The number of carbonyl (C=O) groups excluding carboxylic acids is 5. The first-order chi connectivity index (χ1) is 25.4. The number of nitrogens with zero attached hydrogens (tertiary/aromatic N) is 6. The molecule has 0 radical (unpaired) electrons. The van der Waals surface area contributed by atoms with Crippen molar-refractivity contribution in [2.45, 2.75) is 45.0 Å². The zero-order valence-corrected chi connectivity index (χ0v) is 29.9. The minimum Gasteiger partial charge on any atom is -0.456 e. The first kappa shape index (κ1) is 39.3. The van der Waals surface area contributed by atoms with E-state index in [-0.39, 0.29) is 41.5 Å². The SMILES string of the molecule is CC(C)(C)OC(=O)c1ccc(NC(=O)[C@H](Cc2ccc(N3CCN(CC(F)(F)F)CC3=O)cc2)NC(=O)C(=O)Nc2cc(Cl)ccc2-n2cnnn2)cc1. The number of piperazine rings is 1. The normalized spacial score (nSPS) is 14.3. The average molecular weight is 770 g/mol. The smallest absolute Gasteiger partial charge is 0.401 e. The second kappa shape index (κ2) is 16.4. The molecule has 0 spiro atoms. The predicted molar refractivity (Wildman–Crippen MR) is 190 cm³/mol. The maximum absolute atomic E-state index is 13.7. The summed E-state index contributed by atoms with van der Waals surface area (Å²) in [7, 11) is 0. The summed E-state index contributed by atoms with van der Waals surface area (Å²) in [6.07, 6.45) is -3.28. The van der Waals surface area contributed by atoms with Crippen LogP contribution in [0.1, 0.15) is 36.7 Å². The van der Waals surface area contributed by atoms with Gasteiger partial charge in [0.15, 0.2) is 0 Å². The van der Waals surface area contributed by atoms with Gasteiger partial charge in [0.05, 0.1) is 30.0 Å². The maximum atomic E-state index is 13.7. The van der Waals surface area contributed by atoms with Crippen LogP contribution in [0.3, 0.4) is 0 Å². The number of tetrazole rings is 1. The lowest BCUT2D eigenvalue weighted by Gasteiger charge is -2.34. The number of halogens is 4. The van der Waals surface area contributed by atoms with Gasteiger partial charge in [-0.1, -0.05) is 23.7 Å². The number of nitrogens with one attached hydrogen (secondary N) is 3. The minimum atomic E-state index is -4.43. The maximum Gasteiger partial charge on any atom is 0.401 e. The van der Waals surface area contributed by atoms with Gasteiger partial charge < -0.3 is 25.6 Å². The van der Waals surface area contributed by atoms with E-state index in [1.165, 1.54) is 58.4 Å². The van der Waals surface area contributed by atoms with Crippen molar-refractivity contribution in [1.82, 2.24) is 30.4 Å². The molecule has 19 heteroatoms. The van der Waals surface area contributed by atoms with Crippen LogP contribution in [-0.2, 0) is 30.3 Å².